The minimum atomic E-state index is -0.120. The Bertz CT molecular complexity index is 489. The van der Waals surface area contributed by atoms with Crippen LogP contribution in [0.25, 0.3) is 11.2 Å². The molecular weight excluding hydrogens is 180 g/mol. The van der Waals surface area contributed by atoms with Gasteiger partial charge in [-0.1, -0.05) is 0 Å². The standard InChI is InChI=1S/C9H10N4O/c1-13-5-12-7-2-6(8(14)3-10)4-11-9(7)13/h2,4-5H,3,10H2,1H3. The van der Waals surface area contributed by atoms with Gasteiger partial charge in [-0.2, -0.15) is 0 Å². The zero-order valence-electron chi connectivity index (χ0n) is 7.77. The van der Waals surface area contributed by atoms with E-state index in [2.05, 4.69) is 9.97 Å². The summed E-state index contributed by atoms with van der Waals surface area (Å²) in [4.78, 5) is 19.5. The van der Waals surface area contributed by atoms with Gasteiger partial charge in [0.15, 0.2) is 11.4 Å². The molecule has 0 unspecified atom stereocenters. The zero-order chi connectivity index (χ0) is 10.1. The number of imidazole rings is 1. The normalized spacial score (nSPS) is 10.7. The lowest BCUT2D eigenvalue weighted by Crippen LogP contribution is -2.13. The second-order valence-electron chi connectivity index (χ2n) is 3.05. The molecule has 5 heteroatoms. The van der Waals surface area contributed by atoms with Crippen molar-refractivity contribution in [1.82, 2.24) is 14.5 Å². The molecule has 2 aromatic rings. The first-order valence-corrected chi connectivity index (χ1v) is 4.22. The molecule has 0 aromatic carbocycles. The van der Waals surface area contributed by atoms with E-state index in [1.54, 1.807) is 17.0 Å². The van der Waals surface area contributed by atoms with Crippen LogP contribution in [0.5, 0.6) is 0 Å². The van der Waals surface area contributed by atoms with Crippen molar-refractivity contribution in [2.24, 2.45) is 12.8 Å². The number of nitrogens with two attached hydrogens (primary N) is 1. The molecular formula is C9H10N4O. The summed E-state index contributed by atoms with van der Waals surface area (Å²) in [7, 11) is 1.85. The fraction of sp³-hybridized carbons (Fsp3) is 0.222. The summed E-state index contributed by atoms with van der Waals surface area (Å²) in [5.41, 5.74) is 7.24. The molecule has 2 N–H and O–H groups in total. The summed E-state index contributed by atoms with van der Waals surface area (Å²) in [6, 6.07) is 1.71. The Labute approximate surface area is 80.6 Å². The molecule has 72 valence electrons. The number of Topliss-reactive ketones (excluding diaryl/α,β-unsaturated/α-hetero) is 1. The predicted octanol–water partition coefficient (Wildman–Crippen LogP) is 0.110. The van der Waals surface area contributed by atoms with Gasteiger partial charge in [0.05, 0.1) is 12.9 Å². The fourth-order valence-electron chi connectivity index (χ4n) is 1.29. The van der Waals surface area contributed by atoms with Crippen LogP contribution in [0.3, 0.4) is 0 Å². The molecule has 0 amide bonds. The maximum absolute atomic E-state index is 11.3. The summed E-state index contributed by atoms with van der Waals surface area (Å²) in [5.74, 6) is -0.120. The molecule has 0 bridgehead atoms. The van der Waals surface area contributed by atoms with Crippen LogP contribution >= 0.6 is 0 Å². The lowest BCUT2D eigenvalue weighted by Gasteiger charge is -1.97. The van der Waals surface area contributed by atoms with Crippen molar-refractivity contribution in [1.29, 1.82) is 0 Å². The predicted molar refractivity (Wildman–Crippen MR) is 51.9 cm³/mol. The van der Waals surface area contributed by atoms with Crippen molar-refractivity contribution < 1.29 is 4.79 Å². The number of nitrogens with zero attached hydrogens (tertiary/aromatic N) is 3. The highest BCUT2D eigenvalue weighted by molar-refractivity contribution is 5.99. The summed E-state index contributed by atoms with van der Waals surface area (Å²) in [6.07, 6.45) is 3.19. The number of carbonyl (C=O) groups is 1. The Balaban J connectivity index is 2.57. The van der Waals surface area contributed by atoms with E-state index in [-0.39, 0.29) is 12.3 Å². The summed E-state index contributed by atoms with van der Waals surface area (Å²) in [6.45, 7) is 0.0000201. The second kappa shape index (κ2) is 3.19. The Kier molecular flexibility index (Phi) is 2.01. The number of hydrogen-bond donors (Lipinski definition) is 1. The molecule has 0 spiro atoms. The Morgan fingerprint density at radius 2 is 2.36 bits per heavy atom. The molecule has 5 nitrogen and oxygen atoms in total. The van der Waals surface area contributed by atoms with Gasteiger partial charge in [-0.05, 0) is 6.07 Å². The summed E-state index contributed by atoms with van der Waals surface area (Å²) < 4.78 is 1.80. The fourth-order valence-corrected chi connectivity index (χ4v) is 1.29. The molecule has 2 aromatic heterocycles. The van der Waals surface area contributed by atoms with Crippen molar-refractivity contribution in [2.45, 2.75) is 0 Å². The molecule has 0 fully saturated rings. The lowest BCUT2D eigenvalue weighted by atomic mass is 10.2. The quantitative estimate of drug-likeness (QED) is 0.682. The molecule has 0 aliphatic rings. The van der Waals surface area contributed by atoms with Gasteiger partial charge in [0.1, 0.15) is 5.52 Å². The van der Waals surface area contributed by atoms with Gasteiger partial charge in [-0.3, -0.25) is 4.79 Å². The van der Waals surface area contributed by atoms with E-state index >= 15 is 0 Å². The van der Waals surface area contributed by atoms with Gasteiger partial charge < -0.3 is 10.3 Å². The monoisotopic (exact) mass is 190 g/mol. The SMILES string of the molecule is Cn1cnc2cc(C(=O)CN)cnc21. The van der Waals surface area contributed by atoms with E-state index in [9.17, 15) is 4.79 Å². The smallest absolute Gasteiger partial charge is 0.178 e. The topological polar surface area (TPSA) is 73.8 Å². The first kappa shape index (κ1) is 8.83. The number of ketones is 1. The highest BCUT2D eigenvalue weighted by atomic mass is 16.1. The van der Waals surface area contributed by atoms with E-state index in [1.165, 1.54) is 6.20 Å². The largest absolute Gasteiger partial charge is 0.324 e. The molecule has 2 heterocycles. The van der Waals surface area contributed by atoms with Crippen LogP contribution in [0.2, 0.25) is 0 Å². The van der Waals surface area contributed by atoms with Crippen molar-refractivity contribution in [3.63, 3.8) is 0 Å². The van der Waals surface area contributed by atoms with Gasteiger partial charge in [-0.25, -0.2) is 9.97 Å². The first-order valence-electron chi connectivity index (χ1n) is 4.22. The Morgan fingerprint density at radius 3 is 3.07 bits per heavy atom. The molecule has 0 aliphatic carbocycles. The number of fused-ring (bicyclic) bond motifs is 1. The lowest BCUT2D eigenvalue weighted by molar-refractivity contribution is 0.100. The average Bonchev–Trinajstić information content (AvgIpc) is 2.59. The van der Waals surface area contributed by atoms with Gasteiger partial charge in [0, 0.05) is 18.8 Å². The van der Waals surface area contributed by atoms with E-state index in [1.807, 2.05) is 7.05 Å². The number of rotatable bonds is 2. The number of aryl methyl sites for hydroxylation is 1. The number of aromatic nitrogens is 3. The number of pyridine rings is 1. The van der Waals surface area contributed by atoms with Crippen LogP contribution < -0.4 is 5.73 Å². The molecule has 0 saturated heterocycles. The van der Waals surface area contributed by atoms with Crippen LogP contribution in [-0.4, -0.2) is 26.9 Å². The molecule has 0 radical (unpaired) electrons. The zero-order valence-corrected chi connectivity index (χ0v) is 7.77. The van der Waals surface area contributed by atoms with Crippen molar-refractivity contribution in [2.75, 3.05) is 6.54 Å². The Hall–Kier alpha value is -1.75. The van der Waals surface area contributed by atoms with Crippen LogP contribution in [0, 0.1) is 0 Å². The third kappa shape index (κ3) is 1.27. The third-order valence-electron chi connectivity index (χ3n) is 2.06. The second-order valence-corrected chi connectivity index (χ2v) is 3.05. The van der Waals surface area contributed by atoms with E-state index in [0.29, 0.717) is 11.1 Å². The number of carbonyl (C=O) groups excluding carboxylic acids is 1. The maximum atomic E-state index is 11.3. The average molecular weight is 190 g/mol. The highest BCUT2D eigenvalue weighted by Gasteiger charge is 2.07. The summed E-state index contributed by atoms with van der Waals surface area (Å²) >= 11 is 0. The minimum Gasteiger partial charge on any atom is -0.324 e. The molecule has 2 rings (SSSR count). The van der Waals surface area contributed by atoms with Gasteiger partial charge in [0.2, 0.25) is 0 Å². The van der Waals surface area contributed by atoms with Crippen LogP contribution in [0.4, 0.5) is 0 Å². The van der Waals surface area contributed by atoms with E-state index < -0.39 is 0 Å². The first-order chi connectivity index (χ1) is 6.72. The molecule has 0 atom stereocenters. The maximum Gasteiger partial charge on any atom is 0.178 e. The molecule has 14 heavy (non-hydrogen) atoms. The van der Waals surface area contributed by atoms with Crippen LogP contribution in [0.15, 0.2) is 18.6 Å². The van der Waals surface area contributed by atoms with E-state index in [0.717, 1.165) is 5.65 Å². The van der Waals surface area contributed by atoms with Crippen LogP contribution in [-0.2, 0) is 7.05 Å². The van der Waals surface area contributed by atoms with Crippen molar-refractivity contribution in [3.8, 4) is 0 Å². The van der Waals surface area contributed by atoms with Crippen LogP contribution in [0.1, 0.15) is 10.4 Å². The van der Waals surface area contributed by atoms with Gasteiger partial charge in [-0.15, -0.1) is 0 Å². The van der Waals surface area contributed by atoms with Gasteiger partial charge in [0.25, 0.3) is 0 Å². The summed E-state index contributed by atoms with van der Waals surface area (Å²) in [5, 5.41) is 0. The van der Waals surface area contributed by atoms with Gasteiger partial charge >= 0.3 is 0 Å². The third-order valence-corrected chi connectivity index (χ3v) is 2.06. The van der Waals surface area contributed by atoms with E-state index in [4.69, 9.17) is 5.73 Å². The molecule has 0 aliphatic heterocycles. The Morgan fingerprint density at radius 1 is 1.57 bits per heavy atom. The van der Waals surface area contributed by atoms with Crippen molar-refractivity contribution >= 4 is 16.9 Å². The highest BCUT2D eigenvalue weighted by Crippen LogP contribution is 2.10. The minimum absolute atomic E-state index is 0.0000201. The number of hydrogen-bond acceptors (Lipinski definition) is 4. The molecule has 0 saturated carbocycles. The van der Waals surface area contributed by atoms with Crippen molar-refractivity contribution in [3.05, 3.63) is 24.2 Å².